The smallest absolute Gasteiger partial charge is 0.323 e. The van der Waals surface area contributed by atoms with Crippen LogP contribution < -0.4 is 20.3 Å². The lowest BCUT2D eigenvalue weighted by Crippen LogP contribution is -2.23. The fraction of sp³-hybridized carbons (Fsp3) is 0.111. The first-order valence-electron chi connectivity index (χ1n) is 12.2. The third kappa shape index (κ3) is 5.49. The molecule has 0 unspecified atom stereocenters. The molecule has 13 heteroatoms. The molecule has 0 saturated carbocycles. The highest BCUT2D eigenvalue weighted by molar-refractivity contribution is 7.19. The predicted octanol–water partition coefficient (Wildman–Crippen LogP) is 5.49. The van der Waals surface area contributed by atoms with E-state index in [0.29, 0.717) is 35.2 Å². The number of imidazole rings is 1. The summed E-state index contributed by atoms with van der Waals surface area (Å²) < 4.78 is 21.2. The topological polar surface area (TPSA) is 127 Å². The number of nitrogens with one attached hydrogen (secondary N) is 2. The molecule has 2 aromatic carbocycles. The molecule has 200 valence electrons. The minimum Gasteiger partial charge on any atom is -0.424 e. The summed E-state index contributed by atoms with van der Waals surface area (Å²) in [6.07, 6.45) is 10.8. The number of amides is 3. The highest BCUT2D eigenvalue weighted by atomic mass is 32.1. The summed E-state index contributed by atoms with van der Waals surface area (Å²) >= 11 is 1.47. The minimum atomic E-state index is -0.597. The maximum atomic E-state index is 13.8. The number of hydrogen-bond acceptors (Lipinski definition) is 8. The molecule has 6 rings (SSSR count). The second kappa shape index (κ2) is 10.9. The molecule has 0 aliphatic carbocycles. The maximum absolute atomic E-state index is 13.8. The van der Waals surface area contributed by atoms with Gasteiger partial charge in [-0.3, -0.25) is 9.69 Å². The zero-order valence-corrected chi connectivity index (χ0v) is 21.6. The Morgan fingerprint density at radius 2 is 1.85 bits per heavy atom. The summed E-state index contributed by atoms with van der Waals surface area (Å²) in [6, 6.07) is 10.9. The van der Waals surface area contributed by atoms with Gasteiger partial charge in [-0.2, -0.15) is 0 Å². The first-order chi connectivity index (χ1) is 19.5. The lowest BCUT2D eigenvalue weighted by atomic mass is 10.2. The Kier molecular flexibility index (Phi) is 6.85. The fourth-order valence-electron chi connectivity index (χ4n) is 4.12. The van der Waals surface area contributed by atoms with Crippen LogP contribution in [-0.4, -0.2) is 43.0 Å². The molecule has 1 saturated heterocycles. The standard InChI is InChI=1S/C27H21FN8O3S/c28-18-5-8-22(35-11-9-29-16-35)21(12-18)34-25(38)33-19-13-30-26(31-14-19)39-20-6-3-17(4-7-20)23-15-32-27(40-23)36-10-1-2-24(36)37/h3-9,11-16H,1-2,10H2,(H2,33,34,38). The van der Waals surface area contributed by atoms with Gasteiger partial charge in [0.15, 0.2) is 5.13 Å². The first-order valence-corrected chi connectivity index (χ1v) is 13.1. The van der Waals surface area contributed by atoms with Crippen LogP contribution in [0.3, 0.4) is 0 Å². The van der Waals surface area contributed by atoms with Gasteiger partial charge in [-0.05, 0) is 54.4 Å². The SMILES string of the molecule is O=C(Nc1cnc(Oc2ccc(-c3cnc(N4CCCC4=O)s3)cc2)nc1)Nc1cc(F)ccc1-n1ccnc1. The van der Waals surface area contributed by atoms with E-state index in [4.69, 9.17) is 4.74 Å². The van der Waals surface area contributed by atoms with Crippen LogP contribution in [0.5, 0.6) is 11.8 Å². The molecule has 5 aromatic rings. The van der Waals surface area contributed by atoms with Gasteiger partial charge in [0.2, 0.25) is 5.91 Å². The molecule has 0 spiro atoms. The van der Waals surface area contributed by atoms with Crippen LogP contribution in [0, 0.1) is 5.82 Å². The van der Waals surface area contributed by atoms with E-state index in [-0.39, 0.29) is 17.6 Å². The summed E-state index contributed by atoms with van der Waals surface area (Å²) in [4.78, 5) is 43.9. The highest BCUT2D eigenvalue weighted by Gasteiger charge is 2.24. The summed E-state index contributed by atoms with van der Waals surface area (Å²) in [5.41, 5.74) is 2.08. The molecule has 2 N–H and O–H groups in total. The molecule has 4 heterocycles. The van der Waals surface area contributed by atoms with Crippen molar-refractivity contribution in [3.05, 3.63) is 85.6 Å². The van der Waals surface area contributed by atoms with E-state index in [2.05, 4.69) is 30.6 Å². The minimum absolute atomic E-state index is 0.0962. The number of aromatic nitrogens is 5. The van der Waals surface area contributed by atoms with Crippen molar-refractivity contribution in [2.45, 2.75) is 12.8 Å². The Morgan fingerprint density at radius 3 is 2.58 bits per heavy atom. The largest absolute Gasteiger partial charge is 0.424 e. The Balaban J connectivity index is 1.06. The predicted molar refractivity (Wildman–Crippen MR) is 147 cm³/mol. The first kappa shape index (κ1) is 25.1. The maximum Gasteiger partial charge on any atom is 0.323 e. The van der Waals surface area contributed by atoms with Gasteiger partial charge in [0.1, 0.15) is 11.6 Å². The van der Waals surface area contributed by atoms with Gasteiger partial charge in [0, 0.05) is 31.6 Å². The number of hydrogen-bond donors (Lipinski definition) is 2. The summed E-state index contributed by atoms with van der Waals surface area (Å²) in [5.74, 6) is 0.144. The molecule has 3 amide bonds. The number of urea groups is 1. The van der Waals surface area contributed by atoms with Crippen molar-refractivity contribution in [2.75, 3.05) is 22.1 Å². The van der Waals surface area contributed by atoms with Gasteiger partial charge in [0.05, 0.1) is 40.7 Å². The van der Waals surface area contributed by atoms with Crippen LogP contribution in [0.1, 0.15) is 12.8 Å². The van der Waals surface area contributed by atoms with Crippen LogP contribution in [0.2, 0.25) is 0 Å². The molecule has 1 fully saturated rings. The number of rotatable bonds is 7. The van der Waals surface area contributed by atoms with Crippen molar-refractivity contribution in [1.29, 1.82) is 0 Å². The van der Waals surface area contributed by atoms with Gasteiger partial charge >= 0.3 is 12.0 Å². The van der Waals surface area contributed by atoms with E-state index in [0.717, 1.165) is 16.9 Å². The number of nitrogens with zero attached hydrogens (tertiary/aromatic N) is 6. The van der Waals surface area contributed by atoms with Crippen LogP contribution >= 0.6 is 11.3 Å². The lowest BCUT2D eigenvalue weighted by Gasteiger charge is -2.12. The molecule has 3 aromatic heterocycles. The van der Waals surface area contributed by atoms with Crippen molar-refractivity contribution < 1.29 is 18.7 Å². The third-order valence-electron chi connectivity index (χ3n) is 6.02. The quantitative estimate of drug-likeness (QED) is 0.271. The van der Waals surface area contributed by atoms with Crippen LogP contribution in [0.15, 0.2) is 79.8 Å². The van der Waals surface area contributed by atoms with Crippen molar-refractivity contribution in [2.24, 2.45) is 0 Å². The molecule has 0 radical (unpaired) electrons. The Bertz CT molecular complexity index is 1660. The summed E-state index contributed by atoms with van der Waals surface area (Å²) in [7, 11) is 0. The third-order valence-corrected chi connectivity index (χ3v) is 7.09. The van der Waals surface area contributed by atoms with Crippen molar-refractivity contribution >= 4 is 39.8 Å². The zero-order chi connectivity index (χ0) is 27.5. The normalized spacial score (nSPS) is 12.9. The van der Waals surface area contributed by atoms with E-state index < -0.39 is 11.8 Å². The monoisotopic (exact) mass is 556 g/mol. The van der Waals surface area contributed by atoms with E-state index in [1.807, 2.05) is 12.1 Å². The van der Waals surface area contributed by atoms with Crippen molar-refractivity contribution in [3.63, 3.8) is 0 Å². The molecular weight excluding hydrogens is 535 g/mol. The van der Waals surface area contributed by atoms with E-state index in [1.54, 1.807) is 52.6 Å². The molecule has 40 heavy (non-hydrogen) atoms. The molecule has 1 aliphatic heterocycles. The number of thiazole rings is 1. The number of carbonyl (C=O) groups excluding carboxylic acids is 2. The molecular formula is C27H21FN8O3S. The van der Waals surface area contributed by atoms with E-state index in [1.165, 1.54) is 35.9 Å². The Hall–Kier alpha value is -5.17. The number of carbonyl (C=O) groups is 2. The fourth-order valence-corrected chi connectivity index (χ4v) is 5.08. The van der Waals surface area contributed by atoms with Gasteiger partial charge in [-0.15, -0.1) is 0 Å². The van der Waals surface area contributed by atoms with Crippen LogP contribution in [-0.2, 0) is 4.79 Å². The Labute approximate surface area is 231 Å². The summed E-state index contributed by atoms with van der Waals surface area (Å²) in [5, 5.41) is 5.96. The average Bonchev–Trinajstić information content (AvgIpc) is 3.73. The highest BCUT2D eigenvalue weighted by Crippen LogP contribution is 2.34. The van der Waals surface area contributed by atoms with Gasteiger partial charge < -0.3 is 19.9 Å². The molecule has 0 bridgehead atoms. The Morgan fingerprint density at radius 1 is 1.02 bits per heavy atom. The van der Waals surface area contributed by atoms with E-state index >= 15 is 0 Å². The second-order valence-electron chi connectivity index (χ2n) is 8.75. The van der Waals surface area contributed by atoms with Crippen molar-refractivity contribution in [3.8, 4) is 27.9 Å². The average molecular weight is 557 g/mol. The molecule has 11 nitrogen and oxygen atoms in total. The van der Waals surface area contributed by atoms with E-state index in [9.17, 15) is 14.0 Å². The number of benzene rings is 2. The number of ether oxygens (including phenoxy) is 1. The molecule has 1 aliphatic rings. The van der Waals surface area contributed by atoms with Gasteiger partial charge in [0.25, 0.3) is 0 Å². The molecule has 0 atom stereocenters. The second-order valence-corrected chi connectivity index (χ2v) is 9.76. The number of halogens is 1. The number of anilines is 3. The van der Waals surface area contributed by atoms with Crippen LogP contribution in [0.25, 0.3) is 16.1 Å². The van der Waals surface area contributed by atoms with Gasteiger partial charge in [-0.1, -0.05) is 11.3 Å². The summed E-state index contributed by atoms with van der Waals surface area (Å²) in [6.45, 7) is 0.706. The van der Waals surface area contributed by atoms with Crippen molar-refractivity contribution in [1.82, 2.24) is 24.5 Å². The zero-order valence-electron chi connectivity index (χ0n) is 20.8. The lowest BCUT2D eigenvalue weighted by molar-refractivity contribution is -0.117. The van der Waals surface area contributed by atoms with Crippen LogP contribution in [0.4, 0.5) is 25.7 Å². The van der Waals surface area contributed by atoms with Gasteiger partial charge in [-0.25, -0.2) is 29.1 Å².